The third-order valence-electron chi connectivity index (χ3n) is 2.58. The Morgan fingerprint density at radius 1 is 1.22 bits per heavy atom. The fourth-order valence-electron chi connectivity index (χ4n) is 1.72. The summed E-state index contributed by atoms with van der Waals surface area (Å²) in [6.07, 6.45) is 2.03. The van der Waals surface area contributed by atoms with Crippen LogP contribution in [0.2, 0.25) is 0 Å². The molecule has 0 fully saturated rings. The first-order valence-electron chi connectivity index (χ1n) is 5.35. The van der Waals surface area contributed by atoms with Crippen LogP contribution in [0.15, 0.2) is 31.7 Å². The van der Waals surface area contributed by atoms with Gasteiger partial charge < -0.3 is 5.32 Å². The first kappa shape index (κ1) is 14.1. The molecule has 6 heteroatoms. The molecule has 96 valence electrons. The summed E-state index contributed by atoms with van der Waals surface area (Å²) in [5, 5.41) is 7.74. The van der Waals surface area contributed by atoms with Crippen molar-refractivity contribution in [3.05, 3.63) is 43.0 Å². The van der Waals surface area contributed by atoms with E-state index in [1.807, 2.05) is 37.0 Å². The third-order valence-corrected chi connectivity index (χ3v) is 4.29. The fraction of sp³-hybridized carbons (Fsp3) is 0.250. The van der Waals surface area contributed by atoms with Gasteiger partial charge in [0.2, 0.25) is 0 Å². The minimum atomic E-state index is 0.749. The van der Waals surface area contributed by atoms with Crippen LogP contribution >= 0.6 is 47.8 Å². The van der Waals surface area contributed by atoms with Crippen LogP contribution in [-0.2, 0) is 13.6 Å². The van der Waals surface area contributed by atoms with Crippen LogP contribution in [0.25, 0.3) is 0 Å². The van der Waals surface area contributed by atoms with Gasteiger partial charge in [-0.1, -0.05) is 15.9 Å². The minimum Gasteiger partial charge on any atom is -0.379 e. The molecule has 0 atom stereocenters. The van der Waals surface area contributed by atoms with E-state index >= 15 is 0 Å². The Morgan fingerprint density at radius 3 is 2.33 bits per heavy atom. The van der Waals surface area contributed by atoms with Gasteiger partial charge in [0.1, 0.15) is 0 Å². The molecule has 0 aliphatic heterocycles. The summed E-state index contributed by atoms with van der Waals surface area (Å²) in [6, 6.07) is 4.03. The monoisotopic (exact) mass is 435 g/mol. The summed E-state index contributed by atoms with van der Waals surface area (Å²) in [4.78, 5) is 0. The lowest BCUT2D eigenvalue weighted by Crippen LogP contribution is -2.01. The number of aryl methyl sites for hydroxylation is 2. The number of hydrogen-bond acceptors (Lipinski definition) is 2. The second kappa shape index (κ2) is 5.75. The van der Waals surface area contributed by atoms with Gasteiger partial charge in [0.15, 0.2) is 0 Å². The molecule has 1 aromatic carbocycles. The van der Waals surface area contributed by atoms with Crippen LogP contribution < -0.4 is 5.32 Å². The molecule has 0 unspecified atom stereocenters. The van der Waals surface area contributed by atoms with Crippen LogP contribution in [-0.4, -0.2) is 9.78 Å². The van der Waals surface area contributed by atoms with Crippen LogP contribution in [0.5, 0.6) is 0 Å². The number of nitrogens with one attached hydrogen (secondary N) is 1. The normalized spacial score (nSPS) is 10.7. The van der Waals surface area contributed by atoms with Crippen molar-refractivity contribution in [2.24, 2.45) is 7.05 Å². The van der Waals surface area contributed by atoms with E-state index < -0.39 is 0 Å². The quantitative estimate of drug-likeness (QED) is 0.758. The zero-order valence-electron chi connectivity index (χ0n) is 9.97. The zero-order valence-corrected chi connectivity index (χ0v) is 14.7. The Kier molecular flexibility index (Phi) is 4.50. The molecule has 1 N–H and O–H groups in total. The first-order valence-corrected chi connectivity index (χ1v) is 7.73. The molecule has 0 amide bonds. The molecule has 2 rings (SSSR count). The number of halogens is 3. The van der Waals surface area contributed by atoms with Gasteiger partial charge >= 0.3 is 0 Å². The summed E-state index contributed by atoms with van der Waals surface area (Å²) in [5.74, 6) is 0. The molecule has 1 aromatic heterocycles. The summed E-state index contributed by atoms with van der Waals surface area (Å²) >= 11 is 10.6. The van der Waals surface area contributed by atoms with Gasteiger partial charge in [-0.25, -0.2) is 0 Å². The summed E-state index contributed by atoms with van der Waals surface area (Å²) in [7, 11) is 1.93. The smallest absolute Gasteiger partial charge is 0.0643 e. The minimum absolute atomic E-state index is 0.749. The fourth-order valence-corrected chi connectivity index (χ4v) is 4.26. The van der Waals surface area contributed by atoms with Crippen molar-refractivity contribution in [2.45, 2.75) is 13.5 Å². The molecule has 0 spiro atoms. The Morgan fingerprint density at radius 2 is 1.83 bits per heavy atom. The predicted octanol–water partition coefficient (Wildman–Crippen LogP) is 4.63. The number of aromatic nitrogens is 2. The number of nitrogens with zero attached hydrogens (tertiary/aromatic N) is 2. The SMILES string of the molecule is Cc1nn(C)cc1CNc1c(Br)cc(Br)cc1Br. The number of hydrogen-bond donors (Lipinski definition) is 1. The van der Waals surface area contributed by atoms with E-state index in [0.717, 1.165) is 31.3 Å². The van der Waals surface area contributed by atoms with Gasteiger partial charge in [0.05, 0.1) is 11.4 Å². The van der Waals surface area contributed by atoms with E-state index in [4.69, 9.17) is 0 Å². The number of rotatable bonds is 3. The van der Waals surface area contributed by atoms with Crippen molar-refractivity contribution in [1.82, 2.24) is 9.78 Å². The largest absolute Gasteiger partial charge is 0.379 e. The maximum absolute atomic E-state index is 4.33. The lowest BCUT2D eigenvalue weighted by Gasteiger charge is -2.11. The highest BCUT2D eigenvalue weighted by Gasteiger charge is 2.08. The van der Waals surface area contributed by atoms with Gasteiger partial charge in [0.25, 0.3) is 0 Å². The lowest BCUT2D eigenvalue weighted by atomic mass is 10.2. The Hall–Kier alpha value is -0.330. The highest BCUT2D eigenvalue weighted by Crippen LogP contribution is 2.34. The molecule has 0 aliphatic carbocycles. The molecule has 3 nitrogen and oxygen atoms in total. The molecule has 0 aliphatic rings. The molecular weight excluding hydrogens is 426 g/mol. The maximum atomic E-state index is 4.33. The summed E-state index contributed by atoms with van der Waals surface area (Å²) in [5.41, 5.74) is 3.29. The zero-order chi connectivity index (χ0) is 13.3. The van der Waals surface area contributed by atoms with E-state index in [2.05, 4.69) is 58.2 Å². The molecule has 2 aromatic rings. The van der Waals surface area contributed by atoms with Gasteiger partial charge in [-0.2, -0.15) is 5.10 Å². The van der Waals surface area contributed by atoms with E-state index in [1.165, 1.54) is 5.56 Å². The molecule has 0 saturated heterocycles. The third kappa shape index (κ3) is 3.16. The lowest BCUT2D eigenvalue weighted by molar-refractivity contribution is 0.756. The van der Waals surface area contributed by atoms with E-state index in [1.54, 1.807) is 0 Å². The first-order chi connectivity index (χ1) is 8.47. The topological polar surface area (TPSA) is 29.9 Å². The van der Waals surface area contributed by atoms with Crippen LogP contribution in [0, 0.1) is 6.92 Å². The van der Waals surface area contributed by atoms with Crippen LogP contribution in [0.3, 0.4) is 0 Å². The van der Waals surface area contributed by atoms with Gasteiger partial charge in [-0.05, 0) is 50.9 Å². The van der Waals surface area contributed by atoms with Crippen molar-refractivity contribution in [3.8, 4) is 0 Å². The molecule has 1 heterocycles. The summed E-state index contributed by atoms with van der Waals surface area (Å²) < 4.78 is 4.90. The molecule has 0 radical (unpaired) electrons. The van der Waals surface area contributed by atoms with Crippen LogP contribution in [0.1, 0.15) is 11.3 Å². The second-order valence-electron chi connectivity index (χ2n) is 4.01. The Balaban J connectivity index is 2.18. The second-order valence-corrected chi connectivity index (χ2v) is 6.64. The molecule has 0 saturated carbocycles. The molecular formula is C12H12Br3N3. The number of anilines is 1. The predicted molar refractivity (Wildman–Crippen MR) is 84.8 cm³/mol. The highest BCUT2D eigenvalue weighted by molar-refractivity contribution is 9.11. The van der Waals surface area contributed by atoms with E-state index in [0.29, 0.717) is 0 Å². The van der Waals surface area contributed by atoms with Crippen molar-refractivity contribution in [3.63, 3.8) is 0 Å². The Bertz CT molecular complexity index is 555. The highest BCUT2D eigenvalue weighted by atomic mass is 79.9. The molecule has 0 bridgehead atoms. The van der Waals surface area contributed by atoms with Crippen LogP contribution in [0.4, 0.5) is 5.69 Å². The number of benzene rings is 1. The average molecular weight is 438 g/mol. The standard InChI is InChI=1S/C12H12Br3N3/c1-7-8(6-18(2)17-7)5-16-12-10(14)3-9(13)4-11(12)15/h3-4,6,16H,5H2,1-2H3. The maximum Gasteiger partial charge on any atom is 0.0643 e. The van der Waals surface area contributed by atoms with Crippen molar-refractivity contribution >= 4 is 53.5 Å². The van der Waals surface area contributed by atoms with E-state index in [9.17, 15) is 0 Å². The van der Waals surface area contributed by atoms with Gasteiger partial charge in [-0.15, -0.1) is 0 Å². The summed E-state index contributed by atoms with van der Waals surface area (Å²) in [6.45, 7) is 2.77. The van der Waals surface area contributed by atoms with Crippen molar-refractivity contribution in [2.75, 3.05) is 5.32 Å². The molecule has 18 heavy (non-hydrogen) atoms. The van der Waals surface area contributed by atoms with Gasteiger partial charge in [-0.3, -0.25) is 4.68 Å². The van der Waals surface area contributed by atoms with Gasteiger partial charge in [0, 0.05) is 38.8 Å². The Labute approximate surface area is 131 Å². The van der Waals surface area contributed by atoms with Crippen molar-refractivity contribution < 1.29 is 0 Å². The van der Waals surface area contributed by atoms with Crippen molar-refractivity contribution in [1.29, 1.82) is 0 Å². The van der Waals surface area contributed by atoms with E-state index in [-0.39, 0.29) is 0 Å². The average Bonchev–Trinajstić information content (AvgIpc) is 2.55.